The van der Waals surface area contributed by atoms with E-state index >= 15 is 0 Å². The smallest absolute Gasteiger partial charge is 0.353 e. The lowest BCUT2D eigenvalue weighted by Crippen LogP contribution is -2.23. The number of halogens is 2. The molecule has 0 aliphatic carbocycles. The number of aliphatic hydroxyl groups excluding tert-OH is 1. The molecular weight excluding hydrogens is 547 g/mol. The van der Waals surface area contributed by atoms with Gasteiger partial charge in [-0.3, -0.25) is 10.2 Å². The van der Waals surface area contributed by atoms with Gasteiger partial charge in [0.1, 0.15) is 11.2 Å². The van der Waals surface area contributed by atoms with Gasteiger partial charge in [-0.2, -0.15) is 0 Å². The quantitative estimate of drug-likeness (QED) is 0.0832. The van der Waals surface area contributed by atoms with Crippen LogP contribution in [0.5, 0.6) is 5.75 Å². The van der Waals surface area contributed by atoms with E-state index in [-0.39, 0.29) is 24.8 Å². The first-order valence-electron chi connectivity index (χ1n) is 12.6. The fourth-order valence-electron chi connectivity index (χ4n) is 2.55. The first-order valence-corrected chi connectivity index (χ1v) is 13.4. The third kappa shape index (κ3) is 17.4. The number of nitrogens with one attached hydrogen (secondary N) is 1. The number of carbonyl (C=O) groups is 3. The highest BCUT2D eigenvalue weighted by molar-refractivity contribution is 7.13. The topological polar surface area (TPSA) is 151 Å². The molecule has 224 valence electrons. The number of aliphatic hydroxyl groups is 1. The molecule has 0 saturated heterocycles. The van der Waals surface area contributed by atoms with Gasteiger partial charge in [0.05, 0.1) is 18.9 Å². The normalized spacial score (nSPS) is 10.0. The molecule has 0 aliphatic heterocycles. The van der Waals surface area contributed by atoms with Crippen molar-refractivity contribution < 1.29 is 33.7 Å². The number of esters is 1. The van der Waals surface area contributed by atoms with Crippen LogP contribution < -0.4 is 10.5 Å². The number of rotatable bonds is 9. The molecule has 0 radical (unpaired) electrons. The number of carboxylic acid groups (broad SMARTS) is 1. The Hall–Kier alpha value is -2.82. The molecule has 5 N–H and O–H groups in total. The van der Waals surface area contributed by atoms with E-state index in [9.17, 15) is 18.8 Å². The molecule has 1 atom stereocenters. The van der Waals surface area contributed by atoms with Gasteiger partial charge in [0.2, 0.25) is 0 Å². The van der Waals surface area contributed by atoms with Crippen LogP contribution in [0.3, 0.4) is 0 Å². The number of benzene rings is 1. The number of hydrogen-bond donors (Lipinski definition) is 4. The maximum Gasteiger partial charge on any atom is 0.353 e. The molecule has 1 aromatic carbocycles. The van der Waals surface area contributed by atoms with Crippen LogP contribution in [0.15, 0.2) is 30.3 Å². The summed E-state index contributed by atoms with van der Waals surface area (Å²) in [6.07, 6.45) is 3.85. The summed E-state index contributed by atoms with van der Waals surface area (Å²) >= 11 is 1.29. The van der Waals surface area contributed by atoms with E-state index in [0.29, 0.717) is 11.3 Å². The molecule has 0 spiro atoms. The molecular formula is C28H46ClFN2O6S. The minimum atomic E-state index is -0.956. The van der Waals surface area contributed by atoms with Gasteiger partial charge in [-0.25, -0.2) is 9.18 Å². The van der Waals surface area contributed by atoms with Crippen molar-refractivity contribution in [1.29, 1.82) is 5.41 Å². The van der Waals surface area contributed by atoms with Gasteiger partial charge in [-0.15, -0.1) is 23.7 Å². The SMILES string of the molecule is CC.CC.CC(CO)C(=O)O.CCC(C=O)(CC)Cc1ccc(C(=O)Oc2ccc(C)cc2F)s1.Cl.N=CN. The van der Waals surface area contributed by atoms with Crippen molar-refractivity contribution in [2.75, 3.05) is 6.61 Å². The molecule has 8 nitrogen and oxygen atoms in total. The van der Waals surface area contributed by atoms with Crippen LogP contribution in [0.1, 0.15) is 81.4 Å². The Morgan fingerprint density at radius 2 is 1.67 bits per heavy atom. The Kier molecular flexibility index (Phi) is 28.2. The Balaban J connectivity index is -0.000000344. The van der Waals surface area contributed by atoms with Crippen LogP contribution in [0, 0.1) is 29.5 Å². The van der Waals surface area contributed by atoms with Crippen LogP contribution in [-0.2, 0) is 16.0 Å². The van der Waals surface area contributed by atoms with Gasteiger partial charge >= 0.3 is 11.9 Å². The second kappa shape index (κ2) is 25.5. The molecule has 39 heavy (non-hydrogen) atoms. The Labute approximate surface area is 242 Å². The molecule has 1 aromatic heterocycles. The minimum absolute atomic E-state index is 0. The van der Waals surface area contributed by atoms with Gasteiger partial charge in [0.15, 0.2) is 11.6 Å². The molecule has 1 unspecified atom stereocenters. The lowest BCUT2D eigenvalue weighted by molar-refractivity contribution is -0.142. The van der Waals surface area contributed by atoms with Crippen LogP contribution in [-0.4, -0.2) is 41.4 Å². The van der Waals surface area contributed by atoms with Gasteiger partial charge in [-0.05, 0) is 62.9 Å². The molecule has 0 amide bonds. The Morgan fingerprint density at radius 3 is 2.03 bits per heavy atom. The third-order valence-corrected chi connectivity index (χ3v) is 6.10. The monoisotopic (exact) mass is 592 g/mol. The molecule has 2 aromatic rings. The lowest BCUT2D eigenvalue weighted by atomic mass is 9.80. The van der Waals surface area contributed by atoms with Crippen molar-refractivity contribution in [3.8, 4) is 5.75 Å². The number of carbonyl (C=O) groups excluding carboxylic acids is 2. The van der Waals surface area contributed by atoms with E-state index in [1.54, 1.807) is 19.1 Å². The van der Waals surface area contributed by atoms with Crippen LogP contribution in [0.25, 0.3) is 0 Å². The number of carboxylic acids is 1. The van der Waals surface area contributed by atoms with Crippen LogP contribution >= 0.6 is 23.7 Å². The highest BCUT2D eigenvalue weighted by Crippen LogP contribution is 2.32. The average molecular weight is 593 g/mol. The summed E-state index contributed by atoms with van der Waals surface area (Å²) in [6.45, 7) is 14.9. The third-order valence-electron chi connectivity index (χ3n) is 5.03. The van der Waals surface area contributed by atoms with Gasteiger partial charge in [0.25, 0.3) is 0 Å². The van der Waals surface area contributed by atoms with Crippen molar-refractivity contribution in [3.63, 3.8) is 0 Å². The van der Waals surface area contributed by atoms with Crippen molar-refractivity contribution in [1.82, 2.24) is 0 Å². The first kappa shape index (κ1) is 43.2. The maximum atomic E-state index is 13.8. The van der Waals surface area contributed by atoms with Gasteiger partial charge in [0, 0.05) is 10.3 Å². The Bertz CT molecular complexity index is 952. The summed E-state index contributed by atoms with van der Waals surface area (Å²) in [4.78, 5) is 34.7. The van der Waals surface area contributed by atoms with Gasteiger partial charge < -0.3 is 25.5 Å². The maximum absolute atomic E-state index is 13.8. The predicted octanol–water partition coefficient (Wildman–Crippen LogP) is 6.69. The zero-order valence-corrected chi connectivity index (χ0v) is 25.9. The summed E-state index contributed by atoms with van der Waals surface area (Å²) in [7, 11) is 0. The molecule has 0 bridgehead atoms. The fraction of sp³-hybridized carbons (Fsp3) is 0.500. The summed E-state index contributed by atoms with van der Waals surface area (Å²) in [5.41, 5.74) is 4.75. The van der Waals surface area contributed by atoms with E-state index in [1.807, 2.05) is 47.6 Å². The van der Waals surface area contributed by atoms with Crippen LogP contribution in [0.4, 0.5) is 4.39 Å². The van der Waals surface area contributed by atoms with Crippen molar-refractivity contribution in [2.45, 2.75) is 74.7 Å². The number of ether oxygens (including phenoxy) is 1. The van der Waals surface area contributed by atoms with E-state index in [1.165, 1.54) is 30.4 Å². The average Bonchev–Trinajstić information content (AvgIpc) is 3.40. The zero-order valence-electron chi connectivity index (χ0n) is 24.2. The minimum Gasteiger partial charge on any atom is -0.481 e. The summed E-state index contributed by atoms with van der Waals surface area (Å²) in [5, 5.41) is 22.0. The second-order valence-corrected chi connectivity index (χ2v) is 8.71. The highest BCUT2D eigenvalue weighted by atomic mass is 35.5. The van der Waals surface area contributed by atoms with Crippen molar-refractivity contribution >= 4 is 48.3 Å². The number of aldehydes is 1. The van der Waals surface area contributed by atoms with Gasteiger partial charge in [-0.1, -0.05) is 47.6 Å². The second-order valence-electron chi connectivity index (χ2n) is 7.54. The largest absolute Gasteiger partial charge is 0.481 e. The molecule has 11 heteroatoms. The molecule has 0 aliphatic rings. The number of hydrogen-bond acceptors (Lipinski definition) is 7. The van der Waals surface area contributed by atoms with E-state index in [2.05, 4.69) is 5.73 Å². The Morgan fingerprint density at radius 1 is 1.15 bits per heavy atom. The van der Waals surface area contributed by atoms with E-state index in [0.717, 1.165) is 35.9 Å². The highest BCUT2D eigenvalue weighted by Gasteiger charge is 2.27. The molecule has 2 rings (SSSR count). The molecule has 0 fully saturated rings. The zero-order chi connectivity index (χ0) is 30.3. The number of aryl methyl sites for hydroxylation is 1. The van der Waals surface area contributed by atoms with Crippen LogP contribution in [0.2, 0.25) is 0 Å². The number of nitrogens with two attached hydrogens (primary N) is 1. The molecule has 1 heterocycles. The summed E-state index contributed by atoms with van der Waals surface area (Å²) in [5.74, 6) is -2.80. The summed E-state index contributed by atoms with van der Waals surface area (Å²) < 4.78 is 18.9. The predicted molar refractivity (Wildman–Crippen MR) is 160 cm³/mol. The number of aliphatic carboxylic acids is 1. The molecule has 0 saturated carbocycles. The fourth-order valence-corrected chi connectivity index (χ4v) is 3.59. The standard InChI is InChI=1S/C19H21FO3S.C4H8O3.2C2H6.CH4N2.ClH/c1-4-19(5-2,12-21)11-14-7-9-17(24-14)18(22)23-16-8-6-13(3)10-15(16)20;1-3(2-5)4(6)7;2*1-2;2-1-3;/h6-10,12H,4-5,11H2,1-3H3;3,5H,2H2,1H3,(H,6,7);2*1-2H3;1H,(H3,2,3);1H. The number of thiophene rings is 1. The van der Waals surface area contributed by atoms with Crippen molar-refractivity contribution in [3.05, 3.63) is 51.5 Å². The van der Waals surface area contributed by atoms with Crippen molar-refractivity contribution in [2.24, 2.45) is 17.1 Å². The first-order chi connectivity index (χ1) is 18.0. The van der Waals surface area contributed by atoms with E-state index in [4.69, 9.17) is 20.4 Å². The summed E-state index contributed by atoms with van der Waals surface area (Å²) in [6, 6.07) is 7.95. The van der Waals surface area contributed by atoms with E-state index < -0.39 is 29.1 Å². The lowest BCUT2D eigenvalue weighted by Gasteiger charge is -2.23.